The molecule has 1 aromatic rings. The zero-order chi connectivity index (χ0) is 13.4. The number of nitrogens with one attached hydrogen (secondary N) is 1. The number of aryl methyl sites for hydroxylation is 1. The number of nitrogens with zero attached hydrogens (tertiary/aromatic N) is 1. The van der Waals surface area contributed by atoms with Crippen molar-refractivity contribution in [2.24, 2.45) is 0 Å². The molecule has 0 bridgehead atoms. The third-order valence-corrected chi connectivity index (χ3v) is 2.92. The van der Waals surface area contributed by atoms with Gasteiger partial charge in [0.15, 0.2) is 0 Å². The van der Waals surface area contributed by atoms with E-state index >= 15 is 0 Å². The van der Waals surface area contributed by atoms with E-state index in [2.05, 4.69) is 48.3 Å². The predicted molar refractivity (Wildman–Crippen MR) is 75.4 cm³/mol. The van der Waals surface area contributed by atoms with Crippen LogP contribution in [0.4, 0.5) is 0 Å². The average Bonchev–Trinajstić information content (AvgIpc) is 2.35. The predicted octanol–water partition coefficient (Wildman–Crippen LogP) is 2.34. The molecule has 0 fully saturated rings. The van der Waals surface area contributed by atoms with Crippen molar-refractivity contribution in [2.75, 3.05) is 20.1 Å². The Hall–Kier alpha value is -1.35. The zero-order valence-corrected chi connectivity index (χ0v) is 11.7. The molecular formula is C15H24N2O. The molecule has 0 heterocycles. The van der Waals surface area contributed by atoms with Crippen molar-refractivity contribution in [3.8, 4) is 0 Å². The second-order valence-electron chi connectivity index (χ2n) is 4.85. The van der Waals surface area contributed by atoms with Crippen LogP contribution in [0, 0.1) is 6.92 Å². The maximum Gasteiger partial charge on any atom is 0.234 e. The van der Waals surface area contributed by atoms with Gasteiger partial charge in [0.25, 0.3) is 0 Å². The van der Waals surface area contributed by atoms with E-state index in [1.165, 1.54) is 5.56 Å². The van der Waals surface area contributed by atoms with Gasteiger partial charge in [-0.15, -0.1) is 0 Å². The van der Waals surface area contributed by atoms with E-state index in [1.54, 1.807) is 0 Å². The number of carbonyl (C=O) groups excluding carboxylic acids is 1. The minimum absolute atomic E-state index is 0.0918. The first-order chi connectivity index (χ1) is 8.61. The van der Waals surface area contributed by atoms with Crippen molar-refractivity contribution in [2.45, 2.75) is 33.2 Å². The molecule has 0 unspecified atom stereocenters. The number of hydrogen-bond donors (Lipinski definition) is 1. The fourth-order valence-electron chi connectivity index (χ4n) is 1.71. The summed E-state index contributed by atoms with van der Waals surface area (Å²) in [6, 6.07) is 8.23. The van der Waals surface area contributed by atoms with Crippen molar-refractivity contribution in [1.82, 2.24) is 10.2 Å². The Morgan fingerprint density at radius 1 is 1.28 bits per heavy atom. The molecule has 0 aliphatic carbocycles. The monoisotopic (exact) mass is 248 g/mol. The number of carbonyl (C=O) groups is 1. The smallest absolute Gasteiger partial charge is 0.234 e. The lowest BCUT2D eigenvalue weighted by Gasteiger charge is -2.15. The van der Waals surface area contributed by atoms with Crippen LogP contribution in [0.5, 0.6) is 0 Å². The topological polar surface area (TPSA) is 32.3 Å². The highest BCUT2D eigenvalue weighted by atomic mass is 16.2. The second-order valence-corrected chi connectivity index (χ2v) is 4.85. The van der Waals surface area contributed by atoms with Crippen LogP contribution in [0.15, 0.2) is 24.3 Å². The van der Waals surface area contributed by atoms with Crippen LogP contribution in [0.3, 0.4) is 0 Å². The molecule has 0 aromatic heterocycles. The summed E-state index contributed by atoms with van der Waals surface area (Å²) in [6.07, 6.45) is 2.30. The highest BCUT2D eigenvalue weighted by molar-refractivity contribution is 5.77. The molecule has 18 heavy (non-hydrogen) atoms. The summed E-state index contributed by atoms with van der Waals surface area (Å²) < 4.78 is 0. The van der Waals surface area contributed by atoms with Crippen LogP contribution in [-0.4, -0.2) is 30.9 Å². The zero-order valence-electron chi connectivity index (χ0n) is 11.7. The summed E-state index contributed by atoms with van der Waals surface area (Å²) in [5, 5.41) is 2.95. The SMILES string of the molecule is CCCCN(C)CC(=O)NCc1ccc(C)cc1. The molecule has 1 aromatic carbocycles. The van der Waals surface area contributed by atoms with Crippen LogP contribution >= 0.6 is 0 Å². The maximum atomic E-state index is 11.7. The Balaban J connectivity index is 2.26. The number of likely N-dealkylation sites (N-methyl/N-ethyl adjacent to an activating group) is 1. The maximum absolute atomic E-state index is 11.7. The van der Waals surface area contributed by atoms with Gasteiger partial charge in [0, 0.05) is 6.54 Å². The summed E-state index contributed by atoms with van der Waals surface area (Å²) in [6.45, 7) is 6.29. The van der Waals surface area contributed by atoms with Gasteiger partial charge in [0.2, 0.25) is 5.91 Å². The minimum Gasteiger partial charge on any atom is -0.351 e. The third-order valence-electron chi connectivity index (χ3n) is 2.92. The molecule has 0 aliphatic rings. The highest BCUT2D eigenvalue weighted by Gasteiger charge is 2.05. The largest absolute Gasteiger partial charge is 0.351 e. The molecule has 0 spiro atoms. The van der Waals surface area contributed by atoms with Crippen molar-refractivity contribution >= 4 is 5.91 Å². The Morgan fingerprint density at radius 3 is 2.56 bits per heavy atom. The quantitative estimate of drug-likeness (QED) is 0.803. The van der Waals surface area contributed by atoms with Crippen LogP contribution in [0.25, 0.3) is 0 Å². The van der Waals surface area contributed by atoms with E-state index in [9.17, 15) is 4.79 Å². The molecule has 1 N–H and O–H groups in total. The van der Waals surface area contributed by atoms with Crippen LogP contribution in [-0.2, 0) is 11.3 Å². The Kier molecular flexibility index (Phi) is 6.44. The summed E-state index contributed by atoms with van der Waals surface area (Å²) in [7, 11) is 1.99. The summed E-state index contributed by atoms with van der Waals surface area (Å²) >= 11 is 0. The molecule has 100 valence electrons. The van der Waals surface area contributed by atoms with E-state index in [4.69, 9.17) is 0 Å². The van der Waals surface area contributed by atoms with Crippen LogP contribution in [0.1, 0.15) is 30.9 Å². The standard InChI is InChI=1S/C15H24N2O/c1-4-5-10-17(3)12-15(18)16-11-14-8-6-13(2)7-9-14/h6-9H,4-5,10-12H2,1-3H3,(H,16,18). The van der Waals surface area contributed by atoms with E-state index in [1.807, 2.05) is 7.05 Å². The fraction of sp³-hybridized carbons (Fsp3) is 0.533. The second kappa shape index (κ2) is 7.88. The Bertz CT molecular complexity index is 359. The van der Waals surface area contributed by atoms with Crippen molar-refractivity contribution in [3.63, 3.8) is 0 Å². The first-order valence-electron chi connectivity index (χ1n) is 6.62. The van der Waals surface area contributed by atoms with Gasteiger partial charge in [-0.05, 0) is 32.5 Å². The van der Waals surface area contributed by atoms with Crippen molar-refractivity contribution in [1.29, 1.82) is 0 Å². The van der Waals surface area contributed by atoms with E-state index in [0.29, 0.717) is 13.1 Å². The van der Waals surface area contributed by atoms with E-state index in [0.717, 1.165) is 24.9 Å². The highest BCUT2D eigenvalue weighted by Crippen LogP contribution is 2.02. The lowest BCUT2D eigenvalue weighted by atomic mass is 10.1. The van der Waals surface area contributed by atoms with Gasteiger partial charge < -0.3 is 5.32 Å². The average molecular weight is 248 g/mol. The fourth-order valence-corrected chi connectivity index (χ4v) is 1.71. The van der Waals surface area contributed by atoms with Gasteiger partial charge in [-0.3, -0.25) is 9.69 Å². The molecule has 0 saturated heterocycles. The molecule has 0 aliphatic heterocycles. The van der Waals surface area contributed by atoms with Crippen molar-refractivity contribution in [3.05, 3.63) is 35.4 Å². The first-order valence-corrected chi connectivity index (χ1v) is 6.62. The third kappa shape index (κ3) is 5.82. The molecular weight excluding hydrogens is 224 g/mol. The van der Waals surface area contributed by atoms with Crippen LogP contribution < -0.4 is 5.32 Å². The molecule has 3 heteroatoms. The van der Waals surface area contributed by atoms with Gasteiger partial charge in [-0.25, -0.2) is 0 Å². The van der Waals surface area contributed by atoms with Gasteiger partial charge in [-0.2, -0.15) is 0 Å². The van der Waals surface area contributed by atoms with Gasteiger partial charge in [0.05, 0.1) is 6.54 Å². The van der Waals surface area contributed by atoms with E-state index in [-0.39, 0.29) is 5.91 Å². The number of amides is 1. The van der Waals surface area contributed by atoms with Gasteiger partial charge >= 0.3 is 0 Å². The van der Waals surface area contributed by atoms with Gasteiger partial charge in [0.1, 0.15) is 0 Å². The molecule has 3 nitrogen and oxygen atoms in total. The number of benzene rings is 1. The van der Waals surface area contributed by atoms with E-state index < -0.39 is 0 Å². The molecule has 0 saturated carbocycles. The summed E-state index contributed by atoms with van der Waals surface area (Å²) in [4.78, 5) is 13.8. The van der Waals surface area contributed by atoms with Gasteiger partial charge in [-0.1, -0.05) is 43.2 Å². The molecule has 0 radical (unpaired) electrons. The molecule has 1 rings (SSSR count). The lowest BCUT2D eigenvalue weighted by Crippen LogP contribution is -2.35. The Labute approximate surface area is 110 Å². The number of hydrogen-bond acceptors (Lipinski definition) is 2. The first kappa shape index (κ1) is 14.7. The minimum atomic E-state index is 0.0918. The lowest BCUT2D eigenvalue weighted by molar-refractivity contribution is -0.122. The molecule has 0 atom stereocenters. The van der Waals surface area contributed by atoms with Crippen molar-refractivity contribution < 1.29 is 4.79 Å². The normalized spacial score (nSPS) is 10.7. The Morgan fingerprint density at radius 2 is 1.94 bits per heavy atom. The summed E-state index contributed by atoms with van der Waals surface area (Å²) in [5.41, 5.74) is 2.38. The number of rotatable bonds is 7. The number of unbranched alkanes of at least 4 members (excludes halogenated alkanes) is 1. The molecule has 1 amide bonds. The summed E-state index contributed by atoms with van der Waals surface area (Å²) in [5.74, 6) is 0.0918. The van der Waals surface area contributed by atoms with Crippen LogP contribution in [0.2, 0.25) is 0 Å².